The molecule has 0 amide bonds. The Kier molecular flexibility index (Phi) is 1.14. The molecule has 1 rings (SSSR count). The fourth-order valence-electron chi connectivity index (χ4n) is 1.15. The summed E-state index contributed by atoms with van der Waals surface area (Å²) in [6.45, 7) is 5.58. The lowest BCUT2D eigenvalue weighted by atomic mass is 9.90. The minimum atomic E-state index is -2.35. The van der Waals surface area contributed by atoms with E-state index in [1.54, 1.807) is 0 Å². The molecule has 0 spiro atoms. The fourth-order valence-corrected chi connectivity index (χ4v) is 1.15. The SMILES string of the molecule is CC(C)(C)[C@@H]1CC1(F)F. The molecule has 1 fully saturated rings. The van der Waals surface area contributed by atoms with E-state index in [0.717, 1.165) is 0 Å². The van der Waals surface area contributed by atoms with E-state index < -0.39 is 5.92 Å². The van der Waals surface area contributed by atoms with Crippen molar-refractivity contribution in [3.05, 3.63) is 0 Å². The Morgan fingerprint density at radius 1 is 1.33 bits per heavy atom. The van der Waals surface area contributed by atoms with Gasteiger partial charge in [-0.15, -0.1) is 0 Å². The van der Waals surface area contributed by atoms with Gasteiger partial charge in [0, 0.05) is 12.3 Å². The Labute approximate surface area is 54.3 Å². The van der Waals surface area contributed by atoms with Crippen molar-refractivity contribution in [3.63, 3.8) is 0 Å². The second-order valence-corrected chi connectivity index (χ2v) is 3.88. The van der Waals surface area contributed by atoms with Gasteiger partial charge in [-0.1, -0.05) is 20.8 Å². The molecule has 9 heavy (non-hydrogen) atoms. The van der Waals surface area contributed by atoms with Gasteiger partial charge in [-0.05, 0) is 5.41 Å². The predicted octanol–water partition coefficient (Wildman–Crippen LogP) is 2.69. The van der Waals surface area contributed by atoms with Crippen LogP contribution in [-0.4, -0.2) is 5.92 Å². The van der Waals surface area contributed by atoms with Gasteiger partial charge in [-0.25, -0.2) is 8.78 Å². The van der Waals surface area contributed by atoms with E-state index in [2.05, 4.69) is 0 Å². The molecule has 0 aromatic carbocycles. The van der Waals surface area contributed by atoms with Crippen molar-refractivity contribution < 1.29 is 8.78 Å². The number of alkyl halides is 2. The van der Waals surface area contributed by atoms with Gasteiger partial charge in [-0.2, -0.15) is 0 Å². The summed E-state index contributed by atoms with van der Waals surface area (Å²) < 4.78 is 24.6. The average molecular weight is 134 g/mol. The van der Waals surface area contributed by atoms with E-state index in [1.165, 1.54) is 0 Å². The highest BCUT2D eigenvalue weighted by Crippen LogP contribution is 2.57. The maximum absolute atomic E-state index is 12.3. The van der Waals surface area contributed by atoms with Crippen molar-refractivity contribution >= 4 is 0 Å². The van der Waals surface area contributed by atoms with Crippen molar-refractivity contribution in [2.24, 2.45) is 11.3 Å². The summed E-state index contributed by atoms with van der Waals surface area (Å²) in [5.41, 5.74) is -0.205. The standard InChI is InChI=1S/C7H12F2/c1-6(2,3)5-4-7(5,8)9/h5H,4H2,1-3H3/t5-/m0/s1. The molecule has 1 aliphatic carbocycles. The van der Waals surface area contributed by atoms with Crippen LogP contribution in [0.5, 0.6) is 0 Å². The van der Waals surface area contributed by atoms with Gasteiger partial charge in [0.2, 0.25) is 0 Å². The molecule has 2 heteroatoms. The summed E-state index contributed by atoms with van der Waals surface area (Å²) >= 11 is 0. The summed E-state index contributed by atoms with van der Waals surface area (Å²) in [6.07, 6.45) is 0.0938. The Balaban J connectivity index is 2.52. The van der Waals surface area contributed by atoms with Crippen LogP contribution in [0.2, 0.25) is 0 Å². The van der Waals surface area contributed by atoms with Crippen molar-refractivity contribution in [1.82, 2.24) is 0 Å². The first-order chi connectivity index (χ1) is 3.84. The van der Waals surface area contributed by atoms with E-state index in [-0.39, 0.29) is 17.8 Å². The summed E-state index contributed by atoms with van der Waals surface area (Å²) in [5, 5.41) is 0. The minimum absolute atomic E-state index is 0.0938. The van der Waals surface area contributed by atoms with Crippen LogP contribution in [0.4, 0.5) is 8.78 Å². The monoisotopic (exact) mass is 134 g/mol. The van der Waals surface area contributed by atoms with E-state index in [4.69, 9.17) is 0 Å². The molecule has 0 aromatic rings. The lowest BCUT2D eigenvalue weighted by molar-refractivity contribution is 0.0711. The first-order valence-corrected chi connectivity index (χ1v) is 3.22. The second kappa shape index (κ2) is 1.47. The van der Waals surface area contributed by atoms with Crippen LogP contribution in [0.25, 0.3) is 0 Å². The summed E-state index contributed by atoms with van der Waals surface area (Å²) in [4.78, 5) is 0. The molecule has 54 valence electrons. The summed E-state index contributed by atoms with van der Waals surface area (Å²) in [6, 6.07) is 0. The topological polar surface area (TPSA) is 0 Å². The highest BCUT2D eigenvalue weighted by Gasteiger charge is 2.61. The first-order valence-electron chi connectivity index (χ1n) is 3.22. The number of hydrogen-bond donors (Lipinski definition) is 0. The van der Waals surface area contributed by atoms with Crippen molar-refractivity contribution in [3.8, 4) is 0 Å². The van der Waals surface area contributed by atoms with Crippen molar-refractivity contribution in [2.75, 3.05) is 0 Å². The van der Waals surface area contributed by atoms with Crippen LogP contribution >= 0.6 is 0 Å². The smallest absolute Gasteiger partial charge is 0.207 e. The highest BCUT2D eigenvalue weighted by molar-refractivity contribution is 5.01. The normalized spacial score (nSPS) is 32.3. The highest BCUT2D eigenvalue weighted by atomic mass is 19.3. The molecule has 0 bridgehead atoms. The Hall–Kier alpha value is -0.140. The zero-order valence-electron chi connectivity index (χ0n) is 6.04. The van der Waals surface area contributed by atoms with Crippen molar-refractivity contribution in [2.45, 2.75) is 33.1 Å². The van der Waals surface area contributed by atoms with Crippen LogP contribution in [0.1, 0.15) is 27.2 Å². The van der Waals surface area contributed by atoms with Gasteiger partial charge < -0.3 is 0 Å². The van der Waals surface area contributed by atoms with Crippen molar-refractivity contribution in [1.29, 1.82) is 0 Å². The van der Waals surface area contributed by atoms with Crippen LogP contribution in [0, 0.1) is 11.3 Å². The summed E-state index contributed by atoms with van der Waals surface area (Å²) in [7, 11) is 0. The van der Waals surface area contributed by atoms with Crippen LogP contribution < -0.4 is 0 Å². The molecule has 0 heterocycles. The largest absolute Gasteiger partial charge is 0.252 e. The molecule has 0 saturated heterocycles. The molecule has 1 saturated carbocycles. The van der Waals surface area contributed by atoms with E-state index in [1.807, 2.05) is 20.8 Å². The predicted molar refractivity (Wildman–Crippen MR) is 32.5 cm³/mol. The molecule has 0 radical (unpaired) electrons. The van der Waals surface area contributed by atoms with Gasteiger partial charge in [0.15, 0.2) is 0 Å². The third-order valence-corrected chi connectivity index (χ3v) is 1.87. The van der Waals surface area contributed by atoms with Crippen LogP contribution in [0.3, 0.4) is 0 Å². The molecule has 0 aliphatic heterocycles. The van der Waals surface area contributed by atoms with E-state index >= 15 is 0 Å². The molecule has 1 aliphatic rings. The molecule has 0 aromatic heterocycles. The van der Waals surface area contributed by atoms with Gasteiger partial charge in [0.25, 0.3) is 5.92 Å². The zero-order valence-corrected chi connectivity index (χ0v) is 6.04. The lowest BCUT2D eigenvalue weighted by Gasteiger charge is -2.16. The average Bonchev–Trinajstić information content (AvgIpc) is 2.10. The molecule has 0 N–H and O–H groups in total. The van der Waals surface area contributed by atoms with E-state index in [0.29, 0.717) is 0 Å². The van der Waals surface area contributed by atoms with Crippen LogP contribution in [-0.2, 0) is 0 Å². The lowest BCUT2D eigenvalue weighted by Crippen LogP contribution is -2.13. The maximum atomic E-state index is 12.3. The quantitative estimate of drug-likeness (QED) is 0.477. The van der Waals surface area contributed by atoms with Gasteiger partial charge in [0.05, 0.1) is 0 Å². The fraction of sp³-hybridized carbons (Fsp3) is 1.00. The molecular formula is C7H12F2. The third-order valence-electron chi connectivity index (χ3n) is 1.87. The number of rotatable bonds is 0. The zero-order chi connectivity index (χ0) is 7.28. The maximum Gasteiger partial charge on any atom is 0.252 e. The molecule has 1 atom stereocenters. The first kappa shape index (κ1) is 6.97. The number of hydrogen-bond acceptors (Lipinski definition) is 0. The van der Waals surface area contributed by atoms with Gasteiger partial charge in [0.1, 0.15) is 0 Å². The minimum Gasteiger partial charge on any atom is -0.207 e. The van der Waals surface area contributed by atoms with E-state index in [9.17, 15) is 8.78 Å². The Morgan fingerprint density at radius 2 is 1.67 bits per heavy atom. The molecule has 0 nitrogen and oxygen atoms in total. The molecular weight excluding hydrogens is 122 g/mol. The Bertz CT molecular complexity index is 121. The Morgan fingerprint density at radius 3 is 1.67 bits per heavy atom. The van der Waals surface area contributed by atoms with Gasteiger partial charge >= 0.3 is 0 Å². The number of halogens is 2. The second-order valence-electron chi connectivity index (χ2n) is 3.88. The third kappa shape index (κ3) is 1.22. The molecule has 0 unspecified atom stereocenters. The van der Waals surface area contributed by atoms with Crippen LogP contribution in [0.15, 0.2) is 0 Å². The van der Waals surface area contributed by atoms with Gasteiger partial charge in [-0.3, -0.25) is 0 Å². The summed E-state index contributed by atoms with van der Waals surface area (Å²) in [5.74, 6) is -2.72.